The quantitative estimate of drug-likeness (QED) is 0.882. The van der Waals surface area contributed by atoms with Crippen molar-refractivity contribution in [2.75, 3.05) is 33.9 Å². The van der Waals surface area contributed by atoms with Gasteiger partial charge in [-0.1, -0.05) is 0 Å². The largest absolute Gasteiger partial charge is 0.494 e. The molecule has 2 heterocycles. The number of imidazole rings is 1. The molecule has 21 heavy (non-hydrogen) atoms. The Morgan fingerprint density at radius 2 is 2.33 bits per heavy atom. The molecule has 0 aliphatic carbocycles. The number of ether oxygens (including phenoxy) is 2. The lowest BCUT2D eigenvalue weighted by molar-refractivity contribution is -0.0271. The minimum Gasteiger partial charge on any atom is -0.494 e. The average Bonchev–Trinajstić information content (AvgIpc) is 2.73. The number of hydrogen-bond acceptors (Lipinski definition) is 4. The number of nitrogens with one attached hydrogen (secondary N) is 1. The van der Waals surface area contributed by atoms with Gasteiger partial charge in [0.1, 0.15) is 0 Å². The molecule has 0 amide bonds. The number of H-pyrrole nitrogens is 1. The van der Waals surface area contributed by atoms with Gasteiger partial charge in [0.05, 0.1) is 37.4 Å². The van der Waals surface area contributed by atoms with Crippen LogP contribution in [0.15, 0.2) is 12.1 Å². The number of nitrogens with zero attached hydrogens (tertiary/aromatic N) is 2. The van der Waals surface area contributed by atoms with Crippen LogP contribution in [0.2, 0.25) is 0 Å². The van der Waals surface area contributed by atoms with Crippen molar-refractivity contribution >= 4 is 23.3 Å². The molecule has 1 aromatic heterocycles. The van der Waals surface area contributed by atoms with E-state index in [1.54, 1.807) is 6.07 Å². The molecule has 7 heteroatoms. The number of likely N-dealkylation sites (N-methyl/N-ethyl adjacent to an activating group) is 1. The molecule has 1 unspecified atom stereocenters. The van der Waals surface area contributed by atoms with E-state index in [9.17, 15) is 4.39 Å². The highest BCUT2D eigenvalue weighted by molar-refractivity contribution is 7.71. The second-order valence-electron chi connectivity index (χ2n) is 5.30. The standard InChI is InChI=1S/C14H18FN3O2S/c1-17-3-4-20-9(7-17)8-18-12-6-13(19-2)10(15)5-11(12)16-14(18)21/h5-6,9H,3-4,7-8H2,1-2H3,(H,16,21). The molecule has 0 radical (unpaired) electrons. The zero-order chi connectivity index (χ0) is 15.0. The van der Waals surface area contributed by atoms with Gasteiger partial charge in [-0.25, -0.2) is 4.39 Å². The molecule has 2 aromatic rings. The molecule has 1 atom stereocenters. The highest BCUT2D eigenvalue weighted by Gasteiger charge is 2.20. The lowest BCUT2D eigenvalue weighted by Crippen LogP contribution is -2.41. The Labute approximate surface area is 127 Å². The van der Waals surface area contributed by atoms with Gasteiger partial charge in [-0.2, -0.15) is 0 Å². The number of aromatic nitrogens is 2. The Morgan fingerprint density at radius 3 is 3.05 bits per heavy atom. The Morgan fingerprint density at radius 1 is 1.52 bits per heavy atom. The first-order valence-electron chi connectivity index (χ1n) is 6.84. The Hall–Kier alpha value is -1.44. The lowest BCUT2D eigenvalue weighted by atomic mass is 10.2. The van der Waals surface area contributed by atoms with E-state index in [2.05, 4.69) is 16.9 Å². The molecule has 1 N–H and O–H groups in total. The topological polar surface area (TPSA) is 42.4 Å². The van der Waals surface area contributed by atoms with Crippen molar-refractivity contribution < 1.29 is 13.9 Å². The Balaban J connectivity index is 1.97. The molecule has 0 saturated carbocycles. The summed E-state index contributed by atoms with van der Waals surface area (Å²) < 4.78 is 27.1. The molecule has 0 bridgehead atoms. The monoisotopic (exact) mass is 311 g/mol. The van der Waals surface area contributed by atoms with E-state index in [1.165, 1.54) is 13.2 Å². The summed E-state index contributed by atoms with van der Waals surface area (Å²) in [5.41, 5.74) is 1.50. The third-order valence-electron chi connectivity index (χ3n) is 3.78. The van der Waals surface area contributed by atoms with Gasteiger partial charge in [0.15, 0.2) is 16.3 Å². The maximum Gasteiger partial charge on any atom is 0.178 e. The molecule has 114 valence electrons. The van der Waals surface area contributed by atoms with E-state index in [0.29, 0.717) is 16.8 Å². The smallest absolute Gasteiger partial charge is 0.178 e. The van der Waals surface area contributed by atoms with Crippen LogP contribution in [0.5, 0.6) is 5.75 Å². The lowest BCUT2D eigenvalue weighted by Gasteiger charge is -2.30. The van der Waals surface area contributed by atoms with Gasteiger partial charge >= 0.3 is 0 Å². The predicted molar refractivity (Wildman–Crippen MR) is 80.9 cm³/mol. The molecule has 1 aliphatic heterocycles. The summed E-state index contributed by atoms with van der Waals surface area (Å²) in [6, 6.07) is 3.08. The van der Waals surface area contributed by atoms with Gasteiger partial charge in [-0.15, -0.1) is 0 Å². The van der Waals surface area contributed by atoms with Crippen LogP contribution in [0.25, 0.3) is 11.0 Å². The van der Waals surface area contributed by atoms with E-state index in [-0.39, 0.29) is 11.9 Å². The number of fused-ring (bicyclic) bond motifs is 1. The number of hydrogen-bond donors (Lipinski definition) is 1. The van der Waals surface area contributed by atoms with Crippen molar-refractivity contribution in [3.05, 3.63) is 22.7 Å². The zero-order valence-corrected chi connectivity index (χ0v) is 12.9. The molecule has 5 nitrogen and oxygen atoms in total. The molecule has 3 rings (SSSR count). The van der Waals surface area contributed by atoms with Crippen LogP contribution in [0.1, 0.15) is 0 Å². The normalized spacial score (nSPS) is 20.0. The fraction of sp³-hybridized carbons (Fsp3) is 0.500. The first-order chi connectivity index (χ1) is 10.1. The van der Waals surface area contributed by atoms with Crippen LogP contribution in [-0.2, 0) is 11.3 Å². The molecule has 1 fully saturated rings. The second-order valence-corrected chi connectivity index (χ2v) is 5.69. The fourth-order valence-corrected chi connectivity index (χ4v) is 2.96. The van der Waals surface area contributed by atoms with Crippen molar-refractivity contribution in [1.82, 2.24) is 14.5 Å². The number of morpholine rings is 1. The Bertz CT molecular complexity index is 712. The van der Waals surface area contributed by atoms with E-state index < -0.39 is 5.82 Å². The van der Waals surface area contributed by atoms with Crippen molar-refractivity contribution in [1.29, 1.82) is 0 Å². The summed E-state index contributed by atoms with van der Waals surface area (Å²) >= 11 is 5.35. The van der Waals surface area contributed by atoms with Crippen molar-refractivity contribution in [3.8, 4) is 5.75 Å². The molecule has 1 aliphatic rings. The number of methoxy groups -OCH3 is 1. The van der Waals surface area contributed by atoms with Crippen LogP contribution >= 0.6 is 12.2 Å². The van der Waals surface area contributed by atoms with Crippen LogP contribution in [0.3, 0.4) is 0 Å². The second kappa shape index (κ2) is 5.75. The summed E-state index contributed by atoms with van der Waals surface area (Å²) in [5.74, 6) is -0.186. The third-order valence-corrected chi connectivity index (χ3v) is 4.10. The maximum absolute atomic E-state index is 13.8. The van der Waals surface area contributed by atoms with E-state index in [4.69, 9.17) is 21.7 Å². The van der Waals surface area contributed by atoms with Gasteiger partial charge in [-0.3, -0.25) is 0 Å². The molecule has 0 spiro atoms. The van der Waals surface area contributed by atoms with Gasteiger partial charge < -0.3 is 23.9 Å². The third kappa shape index (κ3) is 2.81. The van der Waals surface area contributed by atoms with Crippen LogP contribution in [0, 0.1) is 10.6 Å². The first-order valence-corrected chi connectivity index (χ1v) is 7.25. The van der Waals surface area contributed by atoms with Gasteiger partial charge in [0.25, 0.3) is 0 Å². The predicted octanol–water partition coefficient (Wildman–Crippen LogP) is 2.18. The molecular formula is C14H18FN3O2S. The molecule has 1 aromatic carbocycles. The number of benzene rings is 1. The molecular weight excluding hydrogens is 293 g/mol. The maximum atomic E-state index is 13.8. The fourth-order valence-electron chi connectivity index (χ4n) is 2.68. The van der Waals surface area contributed by atoms with E-state index in [0.717, 1.165) is 25.2 Å². The minimum absolute atomic E-state index is 0.0745. The number of halogens is 1. The number of aromatic amines is 1. The SMILES string of the molecule is COc1cc2c(cc1F)[nH]c(=S)n2CC1CN(C)CCO1. The summed E-state index contributed by atoms with van der Waals surface area (Å²) in [6.45, 7) is 3.15. The Kier molecular flexibility index (Phi) is 3.97. The summed E-state index contributed by atoms with van der Waals surface area (Å²) in [6.07, 6.45) is 0.0745. The van der Waals surface area contributed by atoms with Crippen molar-refractivity contribution in [3.63, 3.8) is 0 Å². The minimum atomic E-state index is -0.401. The van der Waals surface area contributed by atoms with Gasteiger partial charge in [0.2, 0.25) is 0 Å². The van der Waals surface area contributed by atoms with Crippen molar-refractivity contribution in [2.45, 2.75) is 12.6 Å². The summed E-state index contributed by atoms with van der Waals surface area (Å²) in [4.78, 5) is 5.26. The van der Waals surface area contributed by atoms with Crippen molar-refractivity contribution in [2.24, 2.45) is 0 Å². The van der Waals surface area contributed by atoms with E-state index >= 15 is 0 Å². The summed E-state index contributed by atoms with van der Waals surface area (Å²) in [5, 5.41) is 0. The average molecular weight is 311 g/mol. The number of rotatable bonds is 3. The van der Waals surface area contributed by atoms with Crippen LogP contribution in [-0.4, -0.2) is 54.4 Å². The highest BCUT2D eigenvalue weighted by atomic mass is 32.1. The highest BCUT2D eigenvalue weighted by Crippen LogP contribution is 2.25. The zero-order valence-electron chi connectivity index (χ0n) is 12.1. The molecule has 1 saturated heterocycles. The first kappa shape index (κ1) is 14.5. The van der Waals surface area contributed by atoms with Gasteiger partial charge in [0, 0.05) is 25.2 Å². The van der Waals surface area contributed by atoms with Crippen LogP contribution < -0.4 is 4.74 Å². The van der Waals surface area contributed by atoms with E-state index in [1.807, 2.05) is 4.57 Å². The summed E-state index contributed by atoms with van der Waals surface area (Å²) in [7, 11) is 3.53. The van der Waals surface area contributed by atoms with Crippen LogP contribution in [0.4, 0.5) is 4.39 Å². The van der Waals surface area contributed by atoms with Gasteiger partial charge in [-0.05, 0) is 19.3 Å².